The number of hydrogen-bond donors (Lipinski definition) is 0. The maximum atomic E-state index is 4.61. The normalized spacial score (nSPS) is 13.6. The van der Waals surface area contributed by atoms with Gasteiger partial charge in [0.25, 0.3) is 0 Å². The molecule has 1 aliphatic rings. The lowest BCUT2D eigenvalue weighted by molar-refractivity contribution is 0.658. The Kier molecular flexibility index (Phi) is 5.17. The molecule has 0 N–H and O–H groups in total. The third kappa shape index (κ3) is 3.39. The molecule has 1 aromatic heterocycles. The van der Waals surface area contributed by atoms with Crippen molar-refractivity contribution in [3.8, 4) is 22.3 Å². The SMILES string of the molecule is CC1(C)c2ccccc2-c2ccc(Sc3c4ccccc4c(-c4cccc5ccccc45)c4cnccc34)cc21. The molecule has 0 atom stereocenters. The molecule has 0 amide bonds. The van der Waals surface area contributed by atoms with E-state index in [1.807, 2.05) is 24.2 Å². The van der Waals surface area contributed by atoms with Crippen LogP contribution in [0.4, 0.5) is 0 Å². The lowest BCUT2D eigenvalue weighted by atomic mass is 9.82. The van der Waals surface area contributed by atoms with Crippen molar-refractivity contribution in [1.82, 2.24) is 4.98 Å². The Bertz CT molecular complexity index is 2060. The fraction of sp³-hybridized carbons (Fsp3) is 0.0789. The van der Waals surface area contributed by atoms with Crippen LogP contribution >= 0.6 is 11.8 Å². The van der Waals surface area contributed by atoms with Crippen molar-refractivity contribution < 1.29 is 0 Å². The quantitative estimate of drug-likeness (QED) is 0.211. The van der Waals surface area contributed by atoms with Gasteiger partial charge in [0.15, 0.2) is 0 Å². The van der Waals surface area contributed by atoms with E-state index in [4.69, 9.17) is 0 Å². The van der Waals surface area contributed by atoms with Gasteiger partial charge in [-0.05, 0) is 78.5 Å². The first-order valence-electron chi connectivity index (χ1n) is 13.8. The van der Waals surface area contributed by atoms with Gasteiger partial charge in [-0.25, -0.2) is 0 Å². The van der Waals surface area contributed by atoms with Gasteiger partial charge in [-0.1, -0.05) is 123 Å². The number of benzene rings is 6. The summed E-state index contributed by atoms with van der Waals surface area (Å²) in [6.07, 6.45) is 3.97. The minimum Gasteiger partial charge on any atom is -0.264 e. The number of rotatable bonds is 3. The van der Waals surface area contributed by atoms with Gasteiger partial charge in [0.2, 0.25) is 0 Å². The number of fused-ring (bicyclic) bond motifs is 6. The molecule has 8 rings (SSSR count). The summed E-state index contributed by atoms with van der Waals surface area (Å²) >= 11 is 1.87. The van der Waals surface area contributed by atoms with E-state index in [1.54, 1.807) is 0 Å². The van der Waals surface area contributed by atoms with E-state index in [1.165, 1.54) is 75.5 Å². The van der Waals surface area contributed by atoms with Gasteiger partial charge >= 0.3 is 0 Å². The second-order valence-electron chi connectivity index (χ2n) is 11.2. The van der Waals surface area contributed by atoms with Crippen LogP contribution in [0.1, 0.15) is 25.0 Å². The summed E-state index contributed by atoms with van der Waals surface area (Å²) in [7, 11) is 0. The molecule has 7 aromatic rings. The van der Waals surface area contributed by atoms with Gasteiger partial charge in [0.05, 0.1) is 0 Å². The highest BCUT2D eigenvalue weighted by Gasteiger charge is 2.35. The van der Waals surface area contributed by atoms with E-state index in [-0.39, 0.29) is 5.41 Å². The lowest BCUT2D eigenvalue weighted by Gasteiger charge is -2.22. The molecule has 0 spiro atoms. The first-order chi connectivity index (χ1) is 19.6. The van der Waals surface area contributed by atoms with Gasteiger partial charge in [0.1, 0.15) is 0 Å². The van der Waals surface area contributed by atoms with Crippen LogP contribution in [-0.2, 0) is 5.41 Å². The Morgan fingerprint density at radius 3 is 2.12 bits per heavy atom. The molecule has 0 radical (unpaired) electrons. The van der Waals surface area contributed by atoms with E-state index >= 15 is 0 Å². The van der Waals surface area contributed by atoms with E-state index < -0.39 is 0 Å². The molecule has 0 bridgehead atoms. The summed E-state index contributed by atoms with van der Waals surface area (Å²) in [4.78, 5) is 7.16. The molecule has 6 aromatic carbocycles. The molecule has 40 heavy (non-hydrogen) atoms. The van der Waals surface area contributed by atoms with E-state index in [0.29, 0.717) is 0 Å². The summed E-state index contributed by atoms with van der Waals surface area (Å²) in [6.45, 7) is 4.70. The minimum absolute atomic E-state index is 0.0191. The first kappa shape index (κ1) is 23.5. The second kappa shape index (κ2) is 8.81. The second-order valence-corrected chi connectivity index (χ2v) is 12.3. The molecule has 1 nitrogen and oxygen atoms in total. The number of pyridine rings is 1. The van der Waals surface area contributed by atoms with Crippen molar-refractivity contribution in [2.75, 3.05) is 0 Å². The van der Waals surface area contributed by atoms with Crippen molar-refractivity contribution >= 4 is 44.1 Å². The lowest BCUT2D eigenvalue weighted by Crippen LogP contribution is -2.14. The van der Waals surface area contributed by atoms with E-state index in [0.717, 1.165) is 0 Å². The Hall–Kier alpha value is -4.40. The van der Waals surface area contributed by atoms with Crippen LogP contribution in [0.5, 0.6) is 0 Å². The maximum absolute atomic E-state index is 4.61. The topological polar surface area (TPSA) is 12.9 Å². The highest BCUT2D eigenvalue weighted by molar-refractivity contribution is 7.99. The van der Waals surface area contributed by atoms with Gasteiger partial charge in [-0.2, -0.15) is 0 Å². The van der Waals surface area contributed by atoms with Crippen molar-refractivity contribution in [1.29, 1.82) is 0 Å². The fourth-order valence-corrected chi connectivity index (χ4v) is 7.81. The van der Waals surface area contributed by atoms with Crippen molar-refractivity contribution in [3.05, 3.63) is 139 Å². The van der Waals surface area contributed by atoms with Crippen LogP contribution in [-0.4, -0.2) is 4.98 Å². The van der Waals surface area contributed by atoms with Crippen molar-refractivity contribution in [2.45, 2.75) is 29.1 Å². The predicted octanol–water partition coefficient (Wildman–Crippen LogP) is 10.7. The van der Waals surface area contributed by atoms with E-state index in [2.05, 4.69) is 134 Å². The summed E-state index contributed by atoms with van der Waals surface area (Å²) in [5.74, 6) is 0. The zero-order valence-corrected chi connectivity index (χ0v) is 23.3. The standard InChI is InChI=1S/C38H27NS/c1-38(2)34-17-8-7-13-27(34)28-19-18-25(22-35(28)38)40-37-31-15-6-5-14-30(31)36(33-23-39-21-20-32(33)37)29-16-9-11-24-10-3-4-12-26(24)29/h3-23H,1-2H3. The highest BCUT2D eigenvalue weighted by atomic mass is 32.2. The third-order valence-electron chi connectivity index (χ3n) is 8.61. The minimum atomic E-state index is -0.0191. The average Bonchev–Trinajstić information content (AvgIpc) is 3.23. The average molecular weight is 530 g/mol. The summed E-state index contributed by atoms with van der Waals surface area (Å²) in [5.41, 5.74) is 8.02. The first-order valence-corrected chi connectivity index (χ1v) is 14.6. The summed E-state index contributed by atoms with van der Waals surface area (Å²) < 4.78 is 0. The zero-order valence-electron chi connectivity index (χ0n) is 22.5. The van der Waals surface area contributed by atoms with Gasteiger partial charge in [0, 0.05) is 33.0 Å². The number of nitrogens with zero attached hydrogens (tertiary/aromatic N) is 1. The Morgan fingerprint density at radius 2 is 1.23 bits per heavy atom. The Balaban J connectivity index is 1.36. The molecule has 1 heterocycles. The van der Waals surface area contributed by atoms with Crippen molar-refractivity contribution in [3.63, 3.8) is 0 Å². The van der Waals surface area contributed by atoms with Crippen LogP contribution in [0.2, 0.25) is 0 Å². The van der Waals surface area contributed by atoms with Crippen LogP contribution in [0.3, 0.4) is 0 Å². The molecule has 0 fully saturated rings. The highest BCUT2D eigenvalue weighted by Crippen LogP contribution is 2.51. The molecule has 0 unspecified atom stereocenters. The van der Waals surface area contributed by atoms with E-state index in [9.17, 15) is 0 Å². The number of hydrogen-bond acceptors (Lipinski definition) is 2. The van der Waals surface area contributed by atoms with Gasteiger partial charge in [-0.3, -0.25) is 4.98 Å². The molecule has 0 saturated heterocycles. The van der Waals surface area contributed by atoms with Crippen LogP contribution < -0.4 is 0 Å². The fourth-order valence-electron chi connectivity index (χ4n) is 6.69. The monoisotopic (exact) mass is 529 g/mol. The molecule has 2 heteroatoms. The summed E-state index contributed by atoms with van der Waals surface area (Å²) in [6, 6.07) is 42.2. The molecule has 0 aliphatic heterocycles. The zero-order chi connectivity index (χ0) is 26.8. The molecule has 1 aliphatic carbocycles. The van der Waals surface area contributed by atoms with Crippen molar-refractivity contribution in [2.24, 2.45) is 0 Å². The van der Waals surface area contributed by atoms with Crippen LogP contribution in [0.25, 0.3) is 54.6 Å². The van der Waals surface area contributed by atoms with Crippen LogP contribution in [0.15, 0.2) is 137 Å². The molecule has 190 valence electrons. The van der Waals surface area contributed by atoms with Gasteiger partial charge < -0.3 is 0 Å². The molecule has 0 saturated carbocycles. The summed E-state index contributed by atoms with van der Waals surface area (Å²) in [5, 5.41) is 7.48. The molecular weight excluding hydrogens is 502 g/mol. The predicted molar refractivity (Wildman–Crippen MR) is 170 cm³/mol. The number of aromatic nitrogens is 1. The molecular formula is C38H27NS. The maximum Gasteiger partial charge on any atom is 0.0353 e. The largest absolute Gasteiger partial charge is 0.264 e. The Labute approximate surface area is 238 Å². The van der Waals surface area contributed by atoms with Gasteiger partial charge in [-0.15, -0.1) is 0 Å². The third-order valence-corrected chi connectivity index (χ3v) is 9.74. The Morgan fingerprint density at radius 1 is 0.550 bits per heavy atom. The smallest absolute Gasteiger partial charge is 0.0353 e. The van der Waals surface area contributed by atoms with Crippen LogP contribution in [0, 0.1) is 0 Å².